The average Bonchev–Trinajstić information content (AvgIpc) is 2.32. The first-order valence-electron chi connectivity index (χ1n) is 5.49. The molecule has 0 aliphatic rings. The normalized spacial score (nSPS) is 11.7. The summed E-state index contributed by atoms with van der Waals surface area (Å²) < 4.78 is 0. The minimum absolute atomic E-state index is 0.348. The number of carbonyl (C=O) groups is 2. The van der Waals surface area contributed by atoms with E-state index in [0.29, 0.717) is 5.69 Å². The largest absolute Gasteiger partial charge is 0.398 e. The molecule has 6 heteroatoms. The topological polar surface area (TPSA) is 84.2 Å². The van der Waals surface area contributed by atoms with Gasteiger partial charge in [0.05, 0.1) is 5.25 Å². The third-order valence-corrected chi connectivity index (χ3v) is 3.50. The fraction of sp³-hybridized carbons (Fsp3) is 0.333. The molecule has 0 aliphatic heterocycles. The fourth-order valence-corrected chi connectivity index (χ4v) is 2.18. The van der Waals surface area contributed by atoms with Gasteiger partial charge in [0.15, 0.2) is 0 Å². The average molecular weight is 267 g/mol. The summed E-state index contributed by atoms with van der Waals surface area (Å²) in [6.07, 6.45) is 0. The van der Waals surface area contributed by atoms with Gasteiger partial charge in [-0.2, -0.15) is 0 Å². The van der Waals surface area contributed by atoms with Crippen molar-refractivity contribution < 1.29 is 9.59 Å². The predicted octanol–water partition coefficient (Wildman–Crippen LogP) is 1.51. The molecule has 1 rings (SSSR count). The zero-order chi connectivity index (χ0) is 13.7. The minimum Gasteiger partial charge on any atom is -0.398 e. The maximum atomic E-state index is 11.7. The number of urea groups is 1. The van der Waals surface area contributed by atoms with Gasteiger partial charge in [0.2, 0.25) is 5.91 Å². The van der Waals surface area contributed by atoms with E-state index in [1.54, 1.807) is 6.92 Å². The van der Waals surface area contributed by atoms with Crippen molar-refractivity contribution in [2.24, 2.45) is 0 Å². The van der Waals surface area contributed by atoms with Crippen molar-refractivity contribution >= 4 is 29.4 Å². The SMILES string of the molecule is CNC(=O)NC(=O)C(C)Sc1ccc(C)cc1N. The monoisotopic (exact) mass is 267 g/mol. The van der Waals surface area contributed by atoms with Crippen LogP contribution in [0.4, 0.5) is 10.5 Å². The fourth-order valence-electron chi connectivity index (χ4n) is 1.30. The van der Waals surface area contributed by atoms with Crippen LogP contribution in [0.3, 0.4) is 0 Å². The second kappa shape index (κ2) is 6.30. The van der Waals surface area contributed by atoms with Crippen LogP contribution in [0.25, 0.3) is 0 Å². The van der Waals surface area contributed by atoms with E-state index in [1.165, 1.54) is 18.8 Å². The molecule has 18 heavy (non-hydrogen) atoms. The number of hydrogen-bond acceptors (Lipinski definition) is 4. The van der Waals surface area contributed by atoms with Gasteiger partial charge >= 0.3 is 6.03 Å². The van der Waals surface area contributed by atoms with Gasteiger partial charge in [0.25, 0.3) is 0 Å². The second-order valence-corrected chi connectivity index (χ2v) is 5.25. The molecule has 4 N–H and O–H groups in total. The Bertz CT molecular complexity index is 463. The highest BCUT2D eigenvalue weighted by Gasteiger charge is 2.17. The number of nitrogen functional groups attached to an aromatic ring is 1. The molecule has 0 fully saturated rings. The first-order chi connectivity index (χ1) is 8.43. The number of hydrogen-bond donors (Lipinski definition) is 3. The Kier molecular flexibility index (Phi) is 5.03. The number of benzene rings is 1. The standard InChI is InChI=1S/C12H17N3O2S/c1-7-4-5-10(9(13)6-7)18-8(2)11(16)15-12(17)14-3/h4-6,8H,13H2,1-3H3,(H2,14,15,16,17). The van der Waals surface area contributed by atoms with Crippen molar-refractivity contribution in [3.63, 3.8) is 0 Å². The number of rotatable bonds is 3. The number of amides is 3. The van der Waals surface area contributed by atoms with Crippen LogP contribution < -0.4 is 16.4 Å². The number of carbonyl (C=O) groups excluding carboxylic acids is 2. The molecule has 1 aromatic rings. The van der Waals surface area contributed by atoms with Crippen molar-refractivity contribution in [1.29, 1.82) is 0 Å². The van der Waals surface area contributed by atoms with Crippen molar-refractivity contribution in [1.82, 2.24) is 10.6 Å². The summed E-state index contributed by atoms with van der Waals surface area (Å²) in [7, 11) is 1.46. The van der Waals surface area contributed by atoms with Gasteiger partial charge in [-0.05, 0) is 31.5 Å². The number of nitrogens with two attached hydrogens (primary N) is 1. The summed E-state index contributed by atoms with van der Waals surface area (Å²) in [5.41, 5.74) is 7.57. The Labute approximate surface area is 111 Å². The highest BCUT2D eigenvalue weighted by atomic mass is 32.2. The number of imide groups is 1. The third kappa shape index (κ3) is 3.96. The van der Waals surface area contributed by atoms with E-state index in [4.69, 9.17) is 5.73 Å². The number of anilines is 1. The molecule has 1 atom stereocenters. The van der Waals surface area contributed by atoms with Crippen LogP contribution in [0.2, 0.25) is 0 Å². The summed E-state index contributed by atoms with van der Waals surface area (Å²) >= 11 is 1.32. The molecule has 0 radical (unpaired) electrons. The van der Waals surface area contributed by atoms with Crippen LogP contribution in [0, 0.1) is 6.92 Å². The van der Waals surface area contributed by atoms with Gasteiger partial charge in [0.1, 0.15) is 0 Å². The molecule has 1 unspecified atom stereocenters. The van der Waals surface area contributed by atoms with Crippen LogP contribution in [0.1, 0.15) is 12.5 Å². The lowest BCUT2D eigenvalue weighted by atomic mass is 10.2. The Morgan fingerprint density at radius 1 is 1.39 bits per heavy atom. The van der Waals surface area contributed by atoms with Gasteiger partial charge in [-0.25, -0.2) is 4.79 Å². The van der Waals surface area contributed by atoms with Crippen LogP contribution in [0.5, 0.6) is 0 Å². The summed E-state index contributed by atoms with van der Waals surface area (Å²) in [4.78, 5) is 23.5. The third-order valence-electron chi connectivity index (χ3n) is 2.30. The molecular formula is C12H17N3O2S. The van der Waals surface area contributed by atoms with Crippen molar-refractivity contribution in [3.05, 3.63) is 23.8 Å². The first-order valence-corrected chi connectivity index (χ1v) is 6.37. The van der Waals surface area contributed by atoms with E-state index in [0.717, 1.165) is 10.5 Å². The van der Waals surface area contributed by atoms with E-state index >= 15 is 0 Å². The Morgan fingerprint density at radius 2 is 2.06 bits per heavy atom. The van der Waals surface area contributed by atoms with E-state index in [9.17, 15) is 9.59 Å². The zero-order valence-electron chi connectivity index (χ0n) is 10.6. The first kappa shape index (κ1) is 14.4. The molecule has 98 valence electrons. The van der Waals surface area contributed by atoms with Crippen molar-refractivity contribution in [2.75, 3.05) is 12.8 Å². The Morgan fingerprint density at radius 3 is 2.61 bits per heavy atom. The van der Waals surface area contributed by atoms with Crippen LogP contribution >= 0.6 is 11.8 Å². The predicted molar refractivity (Wildman–Crippen MR) is 73.5 cm³/mol. The quantitative estimate of drug-likeness (QED) is 0.572. The lowest BCUT2D eigenvalue weighted by Crippen LogP contribution is -2.41. The summed E-state index contributed by atoms with van der Waals surface area (Å²) in [5, 5.41) is 4.16. The molecule has 0 heterocycles. The maximum Gasteiger partial charge on any atom is 0.321 e. The van der Waals surface area contributed by atoms with E-state index in [1.807, 2.05) is 25.1 Å². The smallest absolute Gasteiger partial charge is 0.321 e. The maximum absolute atomic E-state index is 11.7. The van der Waals surface area contributed by atoms with Gasteiger partial charge < -0.3 is 11.1 Å². The number of nitrogens with one attached hydrogen (secondary N) is 2. The molecular weight excluding hydrogens is 250 g/mol. The number of thioether (sulfide) groups is 1. The van der Waals surface area contributed by atoms with Crippen molar-refractivity contribution in [3.8, 4) is 0 Å². The Balaban J connectivity index is 2.66. The van der Waals surface area contributed by atoms with Crippen LogP contribution in [0.15, 0.2) is 23.1 Å². The van der Waals surface area contributed by atoms with Gasteiger partial charge in [-0.15, -0.1) is 11.8 Å². The highest BCUT2D eigenvalue weighted by molar-refractivity contribution is 8.00. The lowest BCUT2D eigenvalue weighted by Gasteiger charge is -2.12. The zero-order valence-corrected chi connectivity index (χ0v) is 11.4. The van der Waals surface area contributed by atoms with Crippen LogP contribution in [-0.4, -0.2) is 24.2 Å². The molecule has 1 aromatic carbocycles. The second-order valence-electron chi connectivity index (χ2n) is 3.87. The van der Waals surface area contributed by atoms with Gasteiger partial charge in [0, 0.05) is 17.6 Å². The molecule has 5 nitrogen and oxygen atoms in total. The summed E-state index contributed by atoms with van der Waals surface area (Å²) in [6.45, 7) is 3.68. The summed E-state index contributed by atoms with van der Waals surface area (Å²) in [5.74, 6) is -0.348. The van der Waals surface area contributed by atoms with Gasteiger partial charge in [-0.1, -0.05) is 6.07 Å². The highest BCUT2D eigenvalue weighted by Crippen LogP contribution is 2.29. The molecule has 0 spiro atoms. The van der Waals surface area contributed by atoms with E-state index < -0.39 is 11.3 Å². The van der Waals surface area contributed by atoms with Crippen molar-refractivity contribution in [2.45, 2.75) is 24.0 Å². The minimum atomic E-state index is -0.510. The molecule has 3 amide bonds. The molecule has 0 bridgehead atoms. The lowest BCUT2D eigenvalue weighted by molar-refractivity contribution is -0.119. The molecule has 0 saturated heterocycles. The van der Waals surface area contributed by atoms with Gasteiger partial charge in [-0.3, -0.25) is 10.1 Å². The molecule has 0 aliphatic carbocycles. The molecule has 0 saturated carbocycles. The van der Waals surface area contributed by atoms with E-state index in [2.05, 4.69) is 10.6 Å². The Hall–Kier alpha value is -1.69. The van der Waals surface area contributed by atoms with E-state index in [-0.39, 0.29) is 5.91 Å². The number of aryl methyl sites for hydroxylation is 1. The molecule has 0 aromatic heterocycles. The van der Waals surface area contributed by atoms with Crippen LogP contribution in [-0.2, 0) is 4.79 Å². The summed E-state index contributed by atoms with van der Waals surface area (Å²) in [6, 6.07) is 5.15.